The number of phenols is 1. The van der Waals surface area contributed by atoms with Gasteiger partial charge in [-0.05, 0) is 45.2 Å². The molecule has 2 N–H and O–H groups in total. The first kappa shape index (κ1) is 20.9. The van der Waals surface area contributed by atoms with Crippen LogP contribution in [0, 0.1) is 0 Å². The number of benzene rings is 2. The summed E-state index contributed by atoms with van der Waals surface area (Å²) in [7, 11) is 0. The minimum Gasteiger partial charge on any atom is -0.504 e. The highest BCUT2D eigenvalue weighted by Crippen LogP contribution is 2.40. The second-order valence-corrected chi connectivity index (χ2v) is 8.61. The number of nitrogens with one attached hydrogen (secondary N) is 1. The lowest BCUT2D eigenvalue weighted by atomic mass is 9.87. The Balaban J connectivity index is 1.69. The molecule has 1 saturated heterocycles. The lowest BCUT2D eigenvalue weighted by molar-refractivity contribution is 0.103. The van der Waals surface area contributed by atoms with E-state index in [0.717, 1.165) is 49.2 Å². The standard InChI is InChI=1S/C25H33N3O2/c1-4-30-23-12-8-11-20(24(23)29)22-17-21(19-9-6-5-7-10-19)26-25(27-22)13-15-28(16-14-25)18(2)3/h5-12,18,22,27,29H,4,13-17H2,1-3H3. The highest BCUT2D eigenvalue weighted by molar-refractivity contribution is 6.01. The van der Waals surface area contributed by atoms with Gasteiger partial charge in [-0.15, -0.1) is 0 Å². The zero-order valence-corrected chi connectivity index (χ0v) is 18.3. The largest absolute Gasteiger partial charge is 0.504 e. The molecule has 2 aliphatic rings. The zero-order valence-electron chi connectivity index (χ0n) is 18.3. The van der Waals surface area contributed by atoms with Gasteiger partial charge >= 0.3 is 0 Å². The Bertz CT molecular complexity index is 887. The third kappa shape index (κ3) is 4.23. The van der Waals surface area contributed by atoms with Gasteiger partial charge in [0, 0.05) is 42.9 Å². The van der Waals surface area contributed by atoms with Crippen LogP contribution in [0.5, 0.6) is 11.5 Å². The van der Waals surface area contributed by atoms with Gasteiger partial charge in [-0.25, -0.2) is 0 Å². The minimum absolute atomic E-state index is 0.0105. The molecule has 5 nitrogen and oxygen atoms in total. The van der Waals surface area contributed by atoms with E-state index in [9.17, 15) is 5.11 Å². The van der Waals surface area contributed by atoms with Crippen LogP contribution >= 0.6 is 0 Å². The molecule has 0 amide bonds. The van der Waals surface area contributed by atoms with Crippen LogP contribution in [0.3, 0.4) is 0 Å². The number of hydrogen-bond donors (Lipinski definition) is 2. The summed E-state index contributed by atoms with van der Waals surface area (Å²) in [4.78, 5) is 7.78. The lowest BCUT2D eigenvalue weighted by Crippen LogP contribution is -2.56. The van der Waals surface area contributed by atoms with Crippen molar-refractivity contribution in [2.24, 2.45) is 4.99 Å². The highest BCUT2D eigenvalue weighted by atomic mass is 16.5. The first-order valence-electron chi connectivity index (χ1n) is 11.1. The van der Waals surface area contributed by atoms with E-state index < -0.39 is 0 Å². The van der Waals surface area contributed by atoms with Crippen molar-refractivity contribution < 1.29 is 9.84 Å². The average molecular weight is 408 g/mol. The Morgan fingerprint density at radius 1 is 1.13 bits per heavy atom. The molecule has 2 aliphatic heterocycles. The summed E-state index contributed by atoms with van der Waals surface area (Å²) in [6.07, 6.45) is 2.66. The van der Waals surface area contributed by atoms with Crippen molar-refractivity contribution >= 4 is 5.71 Å². The van der Waals surface area contributed by atoms with Crippen molar-refractivity contribution in [1.82, 2.24) is 10.2 Å². The molecule has 160 valence electrons. The van der Waals surface area contributed by atoms with Crippen molar-refractivity contribution in [1.29, 1.82) is 0 Å². The number of piperidine rings is 1. The number of aliphatic imine (C=N–C) groups is 1. The number of rotatable bonds is 5. The van der Waals surface area contributed by atoms with Gasteiger partial charge in [-0.2, -0.15) is 0 Å². The maximum Gasteiger partial charge on any atom is 0.162 e. The van der Waals surface area contributed by atoms with Crippen molar-refractivity contribution in [3.8, 4) is 11.5 Å². The van der Waals surface area contributed by atoms with E-state index in [4.69, 9.17) is 9.73 Å². The van der Waals surface area contributed by atoms with E-state index in [2.05, 4.69) is 48.3 Å². The molecule has 0 aromatic heterocycles. The molecule has 5 heteroatoms. The van der Waals surface area contributed by atoms with E-state index in [0.29, 0.717) is 18.4 Å². The smallest absolute Gasteiger partial charge is 0.162 e. The maximum absolute atomic E-state index is 10.9. The van der Waals surface area contributed by atoms with Crippen molar-refractivity contribution in [3.63, 3.8) is 0 Å². The number of nitrogens with zero attached hydrogens (tertiary/aromatic N) is 2. The summed E-state index contributed by atoms with van der Waals surface area (Å²) < 4.78 is 5.64. The number of hydrogen-bond acceptors (Lipinski definition) is 5. The molecule has 1 fully saturated rings. The summed E-state index contributed by atoms with van der Waals surface area (Å²) in [5, 5.41) is 14.7. The first-order valence-corrected chi connectivity index (χ1v) is 11.1. The van der Waals surface area contributed by atoms with Crippen LogP contribution < -0.4 is 10.1 Å². The normalized spacial score (nSPS) is 21.6. The van der Waals surface area contributed by atoms with E-state index in [-0.39, 0.29) is 17.5 Å². The first-order chi connectivity index (χ1) is 14.5. The predicted molar refractivity (Wildman–Crippen MR) is 121 cm³/mol. The molecule has 4 rings (SSSR count). The minimum atomic E-state index is -0.298. The summed E-state index contributed by atoms with van der Waals surface area (Å²) in [5.74, 6) is 0.783. The predicted octanol–water partition coefficient (Wildman–Crippen LogP) is 4.52. The molecule has 0 aliphatic carbocycles. The fraction of sp³-hybridized carbons (Fsp3) is 0.480. The van der Waals surface area contributed by atoms with Gasteiger partial charge in [0.2, 0.25) is 0 Å². The fourth-order valence-corrected chi connectivity index (χ4v) is 4.66. The van der Waals surface area contributed by atoms with Gasteiger partial charge in [0.25, 0.3) is 0 Å². The second-order valence-electron chi connectivity index (χ2n) is 8.61. The van der Waals surface area contributed by atoms with Crippen LogP contribution in [0.4, 0.5) is 0 Å². The highest BCUT2D eigenvalue weighted by Gasteiger charge is 2.41. The number of aromatic hydroxyl groups is 1. The molecule has 0 radical (unpaired) electrons. The second kappa shape index (κ2) is 8.78. The van der Waals surface area contributed by atoms with Gasteiger partial charge < -0.3 is 14.7 Å². The van der Waals surface area contributed by atoms with Crippen LogP contribution in [-0.2, 0) is 0 Å². The number of ether oxygens (including phenoxy) is 1. The monoisotopic (exact) mass is 407 g/mol. The molecule has 2 aromatic carbocycles. The number of likely N-dealkylation sites (tertiary alicyclic amines) is 1. The summed E-state index contributed by atoms with van der Waals surface area (Å²) in [5.41, 5.74) is 2.86. The zero-order chi connectivity index (χ0) is 21.1. The Labute approximate surface area is 179 Å². The van der Waals surface area contributed by atoms with E-state index in [1.807, 2.05) is 31.2 Å². The molecule has 2 heterocycles. The third-order valence-corrected chi connectivity index (χ3v) is 6.36. The Kier molecular flexibility index (Phi) is 6.11. The molecule has 30 heavy (non-hydrogen) atoms. The van der Waals surface area contributed by atoms with Gasteiger partial charge in [0.1, 0.15) is 5.66 Å². The molecule has 1 unspecified atom stereocenters. The Morgan fingerprint density at radius 3 is 2.53 bits per heavy atom. The Morgan fingerprint density at radius 2 is 1.87 bits per heavy atom. The van der Waals surface area contributed by atoms with Crippen molar-refractivity contribution in [2.45, 2.75) is 57.8 Å². The summed E-state index contributed by atoms with van der Waals surface area (Å²) in [6.45, 7) is 9.02. The van der Waals surface area contributed by atoms with Crippen LogP contribution in [0.1, 0.15) is 57.2 Å². The molecule has 0 bridgehead atoms. The molecule has 1 spiro atoms. The van der Waals surface area contributed by atoms with Crippen LogP contribution in [0.25, 0.3) is 0 Å². The summed E-state index contributed by atoms with van der Waals surface area (Å²) >= 11 is 0. The van der Waals surface area contributed by atoms with Crippen molar-refractivity contribution in [3.05, 3.63) is 59.7 Å². The summed E-state index contributed by atoms with van der Waals surface area (Å²) in [6, 6.07) is 16.8. The van der Waals surface area contributed by atoms with Gasteiger partial charge in [0.15, 0.2) is 11.5 Å². The molecular weight excluding hydrogens is 374 g/mol. The van der Waals surface area contributed by atoms with Crippen LogP contribution in [0.2, 0.25) is 0 Å². The third-order valence-electron chi connectivity index (χ3n) is 6.36. The number of phenolic OH excluding ortho intramolecular Hbond substituents is 1. The lowest BCUT2D eigenvalue weighted by Gasteiger charge is -2.46. The quantitative estimate of drug-likeness (QED) is 0.765. The van der Waals surface area contributed by atoms with Gasteiger partial charge in [-0.3, -0.25) is 10.3 Å². The maximum atomic E-state index is 10.9. The van der Waals surface area contributed by atoms with Crippen LogP contribution in [-0.4, -0.2) is 47.1 Å². The van der Waals surface area contributed by atoms with Crippen molar-refractivity contribution in [2.75, 3.05) is 19.7 Å². The number of para-hydroxylation sites is 1. The average Bonchev–Trinajstić information content (AvgIpc) is 2.76. The molecular formula is C25H33N3O2. The van der Waals surface area contributed by atoms with Crippen LogP contribution in [0.15, 0.2) is 53.5 Å². The van der Waals surface area contributed by atoms with E-state index in [1.165, 1.54) is 0 Å². The topological polar surface area (TPSA) is 57.1 Å². The fourth-order valence-electron chi connectivity index (χ4n) is 4.66. The van der Waals surface area contributed by atoms with Gasteiger partial charge in [-0.1, -0.05) is 42.5 Å². The van der Waals surface area contributed by atoms with Gasteiger partial charge in [0.05, 0.1) is 6.61 Å². The molecule has 2 aromatic rings. The molecule has 0 saturated carbocycles. The van der Waals surface area contributed by atoms with E-state index in [1.54, 1.807) is 0 Å². The van der Waals surface area contributed by atoms with E-state index >= 15 is 0 Å². The molecule has 1 atom stereocenters. The SMILES string of the molecule is CCOc1cccc(C2CC(c3ccccc3)=NC3(CCN(C(C)C)CC3)N2)c1O. The Hall–Kier alpha value is -2.37.